The van der Waals surface area contributed by atoms with E-state index in [9.17, 15) is 13.2 Å². The van der Waals surface area contributed by atoms with Crippen LogP contribution in [0.1, 0.15) is 19.4 Å². The van der Waals surface area contributed by atoms with Crippen LogP contribution >= 0.6 is 11.6 Å². The number of para-hydroxylation sites is 1. The molecule has 138 valence electrons. The van der Waals surface area contributed by atoms with E-state index in [0.717, 1.165) is 17.7 Å². The van der Waals surface area contributed by atoms with E-state index in [1.54, 1.807) is 17.0 Å². The number of carbonyl (C=O) groups is 1. The van der Waals surface area contributed by atoms with E-state index in [0.29, 0.717) is 6.54 Å². The van der Waals surface area contributed by atoms with Crippen molar-refractivity contribution >= 4 is 33.2 Å². The van der Waals surface area contributed by atoms with Crippen LogP contribution in [0.3, 0.4) is 0 Å². The van der Waals surface area contributed by atoms with E-state index in [1.807, 2.05) is 38.1 Å². The van der Waals surface area contributed by atoms with Crippen LogP contribution in [0.15, 0.2) is 53.4 Å². The summed E-state index contributed by atoms with van der Waals surface area (Å²) in [7, 11) is -3.92. The minimum atomic E-state index is -3.92. The predicted molar refractivity (Wildman–Crippen MR) is 103 cm³/mol. The second-order valence-corrected chi connectivity index (χ2v) is 8.73. The normalized spacial score (nSPS) is 15.2. The molecule has 1 heterocycles. The number of rotatable bonds is 5. The van der Waals surface area contributed by atoms with E-state index in [2.05, 4.69) is 4.72 Å². The molecule has 0 bridgehead atoms. The number of hydrogen-bond acceptors (Lipinski definition) is 3. The van der Waals surface area contributed by atoms with Crippen LogP contribution in [0, 0.1) is 5.92 Å². The van der Waals surface area contributed by atoms with Gasteiger partial charge in [-0.3, -0.25) is 4.79 Å². The summed E-state index contributed by atoms with van der Waals surface area (Å²) in [6, 6.07) is 13.0. The molecule has 1 amide bonds. The minimum Gasteiger partial charge on any atom is -0.310 e. The van der Waals surface area contributed by atoms with Gasteiger partial charge in [0.25, 0.3) is 0 Å². The van der Waals surface area contributed by atoms with Crippen molar-refractivity contribution in [3.05, 3.63) is 59.1 Å². The van der Waals surface area contributed by atoms with Crippen molar-refractivity contribution in [3.8, 4) is 0 Å². The number of anilines is 1. The lowest BCUT2D eigenvalue weighted by atomic mass is 10.0. The number of sulfonamides is 1. The van der Waals surface area contributed by atoms with Gasteiger partial charge in [-0.15, -0.1) is 0 Å². The highest BCUT2D eigenvalue weighted by molar-refractivity contribution is 7.89. The zero-order valence-electron chi connectivity index (χ0n) is 14.6. The van der Waals surface area contributed by atoms with Crippen LogP contribution in [0.4, 0.5) is 5.69 Å². The average Bonchev–Trinajstić information content (AvgIpc) is 3.03. The minimum absolute atomic E-state index is 0.0260. The molecular weight excluding hydrogens is 372 g/mol. The van der Waals surface area contributed by atoms with Gasteiger partial charge in [-0.05, 0) is 36.1 Å². The highest BCUT2D eigenvalue weighted by Gasteiger charge is 2.35. The first-order valence-electron chi connectivity index (χ1n) is 8.47. The summed E-state index contributed by atoms with van der Waals surface area (Å²) in [6.45, 7) is 4.19. The summed E-state index contributed by atoms with van der Waals surface area (Å²) in [5, 5.41) is 0.126. The summed E-state index contributed by atoms with van der Waals surface area (Å²) in [6.07, 6.45) is 0.768. The quantitative estimate of drug-likeness (QED) is 0.849. The lowest BCUT2D eigenvalue weighted by Crippen LogP contribution is -2.51. The van der Waals surface area contributed by atoms with Gasteiger partial charge < -0.3 is 4.90 Å². The summed E-state index contributed by atoms with van der Waals surface area (Å²) in [5.74, 6) is -0.465. The summed E-state index contributed by atoms with van der Waals surface area (Å²) in [4.78, 5) is 14.7. The molecule has 1 aliphatic rings. The molecule has 26 heavy (non-hydrogen) atoms. The number of hydrogen-bond donors (Lipinski definition) is 1. The van der Waals surface area contributed by atoms with Gasteiger partial charge in [0.1, 0.15) is 10.9 Å². The molecule has 0 unspecified atom stereocenters. The Bertz CT molecular complexity index is 928. The molecule has 0 fully saturated rings. The number of halogens is 1. The summed E-state index contributed by atoms with van der Waals surface area (Å²) in [5.41, 5.74) is 1.94. The van der Waals surface area contributed by atoms with Gasteiger partial charge in [-0.1, -0.05) is 55.8 Å². The van der Waals surface area contributed by atoms with Crippen molar-refractivity contribution in [2.45, 2.75) is 31.2 Å². The molecule has 1 aliphatic heterocycles. The van der Waals surface area contributed by atoms with E-state index in [-0.39, 0.29) is 21.7 Å². The summed E-state index contributed by atoms with van der Waals surface area (Å²) >= 11 is 6.03. The molecular formula is C19H21ClN2O3S. The Balaban J connectivity index is 1.89. The van der Waals surface area contributed by atoms with E-state index in [4.69, 9.17) is 11.6 Å². The van der Waals surface area contributed by atoms with Gasteiger partial charge in [-0.25, -0.2) is 8.42 Å². The van der Waals surface area contributed by atoms with Crippen molar-refractivity contribution < 1.29 is 13.2 Å². The Morgan fingerprint density at radius 1 is 1.12 bits per heavy atom. The lowest BCUT2D eigenvalue weighted by Gasteiger charge is -2.27. The largest absolute Gasteiger partial charge is 0.310 e. The predicted octanol–water partition coefficient (Wildman–Crippen LogP) is 3.23. The van der Waals surface area contributed by atoms with Gasteiger partial charge in [0.05, 0.1) is 5.02 Å². The van der Waals surface area contributed by atoms with E-state index in [1.165, 1.54) is 12.1 Å². The molecule has 2 aromatic carbocycles. The van der Waals surface area contributed by atoms with Crippen LogP contribution in [-0.4, -0.2) is 26.9 Å². The van der Waals surface area contributed by atoms with Gasteiger partial charge in [0.2, 0.25) is 15.9 Å². The molecule has 3 rings (SSSR count). The number of carbonyl (C=O) groups excluding carboxylic acids is 1. The zero-order chi connectivity index (χ0) is 18.9. The second kappa shape index (κ2) is 7.39. The molecule has 2 aromatic rings. The van der Waals surface area contributed by atoms with Crippen molar-refractivity contribution in [2.24, 2.45) is 5.92 Å². The molecule has 0 radical (unpaired) electrons. The Hall–Kier alpha value is -1.89. The fraction of sp³-hybridized carbons (Fsp3) is 0.316. The molecule has 0 aliphatic carbocycles. The highest BCUT2D eigenvalue weighted by Crippen LogP contribution is 2.29. The zero-order valence-corrected chi connectivity index (χ0v) is 16.2. The third-order valence-electron chi connectivity index (χ3n) is 4.49. The average molecular weight is 393 g/mol. The van der Waals surface area contributed by atoms with Crippen LogP contribution in [0.25, 0.3) is 0 Å². The fourth-order valence-electron chi connectivity index (χ4n) is 3.10. The monoisotopic (exact) mass is 392 g/mol. The number of nitrogens with one attached hydrogen (secondary N) is 1. The van der Waals surface area contributed by atoms with Crippen molar-refractivity contribution in [3.63, 3.8) is 0 Å². The lowest BCUT2D eigenvalue weighted by molar-refractivity contribution is -0.121. The van der Waals surface area contributed by atoms with Gasteiger partial charge >= 0.3 is 0 Å². The third kappa shape index (κ3) is 3.63. The van der Waals surface area contributed by atoms with Crippen molar-refractivity contribution in [2.75, 3.05) is 11.4 Å². The van der Waals surface area contributed by atoms with Gasteiger partial charge in [0.15, 0.2) is 0 Å². The molecule has 0 saturated heterocycles. The van der Waals surface area contributed by atoms with E-state index >= 15 is 0 Å². The smallest absolute Gasteiger partial charge is 0.245 e. The number of nitrogens with zero attached hydrogens (tertiary/aromatic N) is 1. The third-order valence-corrected chi connectivity index (χ3v) is 6.44. The van der Waals surface area contributed by atoms with Gasteiger partial charge in [-0.2, -0.15) is 4.72 Å². The highest BCUT2D eigenvalue weighted by atomic mass is 35.5. The van der Waals surface area contributed by atoms with Gasteiger partial charge in [0, 0.05) is 12.2 Å². The Morgan fingerprint density at radius 3 is 2.46 bits per heavy atom. The maximum atomic E-state index is 13.1. The maximum Gasteiger partial charge on any atom is 0.245 e. The molecule has 0 spiro atoms. The molecule has 5 nitrogen and oxygen atoms in total. The molecule has 7 heteroatoms. The topological polar surface area (TPSA) is 66.5 Å². The standard InChI is InChI=1S/C19H21ClN2O3S/c1-13(2)18(21-26(24,25)17-10-6-4-8-15(17)20)19(23)22-12-11-14-7-3-5-9-16(14)22/h3-10,13,18,21H,11-12H2,1-2H3/t18-/m0/s1. The fourth-order valence-corrected chi connectivity index (χ4v) is 4.96. The number of benzene rings is 2. The molecule has 0 aromatic heterocycles. The first-order valence-corrected chi connectivity index (χ1v) is 10.3. The Kier molecular flexibility index (Phi) is 5.37. The Labute approximate surface area is 159 Å². The Morgan fingerprint density at radius 2 is 1.77 bits per heavy atom. The second-order valence-electron chi connectivity index (χ2n) is 6.64. The number of fused-ring (bicyclic) bond motifs is 1. The van der Waals surface area contributed by atoms with Crippen LogP contribution in [0.5, 0.6) is 0 Å². The van der Waals surface area contributed by atoms with Crippen LogP contribution < -0.4 is 9.62 Å². The van der Waals surface area contributed by atoms with Crippen LogP contribution in [-0.2, 0) is 21.2 Å². The van der Waals surface area contributed by atoms with Crippen LogP contribution in [0.2, 0.25) is 5.02 Å². The molecule has 1 N–H and O–H groups in total. The van der Waals surface area contributed by atoms with Crippen molar-refractivity contribution in [1.29, 1.82) is 0 Å². The molecule has 1 atom stereocenters. The molecule has 0 saturated carbocycles. The maximum absolute atomic E-state index is 13.1. The number of amides is 1. The summed E-state index contributed by atoms with van der Waals surface area (Å²) < 4.78 is 28.1. The first kappa shape index (κ1) is 18.9. The SMILES string of the molecule is CC(C)[C@H](NS(=O)(=O)c1ccccc1Cl)C(=O)N1CCc2ccccc21. The first-order chi connectivity index (χ1) is 12.3. The van der Waals surface area contributed by atoms with Crippen molar-refractivity contribution in [1.82, 2.24) is 4.72 Å². The van der Waals surface area contributed by atoms with E-state index < -0.39 is 16.1 Å².